The number of ether oxygens (including phenoxy) is 1. The number of benzene rings is 2. The molecule has 2 aromatic carbocycles. The van der Waals surface area contributed by atoms with Gasteiger partial charge < -0.3 is 10.5 Å². The maximum Gasteiger partial charge on any atom is 0.141 e. The maximum atomic E-state index is 5.94. The number of aryl methyl sites for hydroxylation is 1. The first-order chi connectivity index (χ1) is 9.51. The minimum absolute atomic E-state index is 0.527. The Balaban J connectivity index is 2.24. The van der Waals surface area contributed by atoms with Gasteiger partial charge in [0.2, 0.25) is 0 Å². The molecule has 0 aliphatic rings. The van der Waals surface area contributed by atoms with Crippen LogP contribution >= 0.6 is 15.9 Å². The lowest BCUT2D eigenvalue weighted by atomic mass is 9.98. The summed E-state index contributed by atoms with van der Waals surface area (Å²) in [4.78, 5) is 0. The molecule has 0 spiro atoms. The van der Waals surface area contributed by atoms with E-state index in [1.54, 1.807) is 0 Å². The molecule has 20 heavy (non-hydrogen) atoms. The lowest BCUT2D eigenvalue weighted by molar-refractivity contribution is 0.478. The summed E-state index contributed by atoms with van der Waals surface area (Å²) < 4.78 is 6.86. The third-order valence-corrected chi connectivity index (χ3v) is 3.94. The molecule has 3 heteroatoms. The molecule has 0 aliphatic carbocycles. The van der Waals surface area contributed by atoms with Crippen LogP contribution in [0.3, 0.4) is 0 Å². The summed E-state index contributed by atoms with van der Waals surface area (Å²) in [6, 6.07) is 12.2. The summed E-state index contributed by atoms with van der Waals surface area (Å²) in [6.45, 7) is 7.05. The SMILES string of the molecule is Cc1cc(Oc2ccc(CN)cc2Br)ccc1C(C)C. The first-order valence-corrected chi connectivity index (χ1v) is 7.57. The van der Waals surface area contributed by atoms with Crippen molar-refractivity contribution in [3.05, 3.63) is 57.6 Å². The third kappa shape index (κ3) is 3.41. The van der Waals surface area contributed by atoms with Crippen molar-refractivity contribution in [2.75, 3.05) is 0 Å². The molecule has 0 bridgehead atoms. The Labute approximate surface area is 129 Å². The van der Waals surface area contributed by atoms with E-state index in [-0.39, 0.29) is 0 Å². The Morgan fingerprint density at radius 2 is 1.90 bits per heavy atom. The van der Waals surface area contributed by atoms with E-state index in [0.29, 0.717) is 12.5 Å². The van der Waals surface area contributed by atoms with Crippen molar-refractivity contribution in [2.45, 2.75) is 33.2 Å². The van der Waals surface area contributed by atoms with Gasteiger partial charge in [-0.1, -0.05) is 26.0 Å². The van der Waals surface area contributed by atoms with E-state index < -0.39 is 0 Å². The van der Waals surface area contributed by atoms with Gasteiger partial charge in [0.05, 0.1) is 4.47 Å². The lowest BCUT2D eigenvalue weighted by Gasteiger charge is -2.13. The molecule has 0 atom stereocenters. The molecule has 2 N–H and O–H groups in total. The second-order valence-corrected chi connectivity index (χ2v) is 6.10. The van der Waals surface area contributed by atoms with Gasteiger partial charge in [-0.25, -0.2) is 0 Å². The van der Waals surface area contributed by atoms with E-state index in [9.17, 15) is 0 Å². The van der Waals surface area contributed by atoms with Crippen molar-refractivity contribution in [1.82, 2.24) is 0 Å². The highest BCUT2D eigenvalue weighted by Crippen LogP contribution is 2.32. The molecule has 2 rings (SSSR count). The highest BCUT2D eigenvalue weighted by molar-refractivity contribution is 9.10. The van der Waals surface area contributed by atoms with Gasteiger partial charge in [-0.05, 0) is 69.7 Å². The smallest absolute Gasteiger partial charge is 0.141 e. The molecule has 0 heterocycles. The quantitative estimate of drug-likeness (QED) is 0.841. The molecule has 0 saturated carbocycles. The molecule has 0 amide bonds. The van der Waals surface area contributed by atoms with Gasteiger partial charge in [0.1, 0.15) is 11.5 Å². The second kappa shape index (κ2) is 6.42. The van der Waals surface area contributed by atoms with Crippen molar-refractivity contribution in [1.29, 1.82) is 0 Å². The lowest BCUT2D eigenvalue weighted by Crippen LogP contribution is -1.97. The van der Waals surface area contributed by atoms with Crippen LogP contribution in [0.15, 0.2) is 40.9 Å². The average molecular weight is 334 g/mol. The topological polar surface area (TPSA) is 35.2 Å². The zero-order valence-corrected chi connectivity index (χ0v) is 13.7. The molecule has 2 aromatic rings. The van der Waals surface area contributed by atoms with E-state index in [2.05, 4.69) is 48.8 Å². The van der Waals surface area contributed by atoms with Crippen LogP contribution in [-0.4, -0.2) is 0 Å². The fourth-order valence-electron chi connectivity index (χ4n) is 2.24. The van der Waals surface area contributed by atoms with Gasteiger partial charge in [0.15, 0.2) is 0 Å². The molecule has 106 valence electrons. The number of rotatable bonds is 4. The van der Waals surface area contributed by atoms with Crippen molar-refractivity contribution in [3.63, 3.8) is 0 Å². The predicted molar refractivity (Wildman–Crippen MR) is 87.4 cm³/mol. The molecule has 0 radical (unpaired) electrons. The van der Waals surface area contributed by atoms with Crippen LogP contribution in [0.25, 0.3) is 0 Å². The van der Waals surface area contributed by atoms with Crippen molar-refractivity contribution >= 4 is 15.9 Å². The molecular formula is C17H20BrNO. The Morgan fingerprint density at radius 3 is 2.45 bits per heavy atom. The number of nitrogens with two attached hydrogens (primary N) is 1. The van der Waals surface area contributed by atoms with Crippen LogP contribution in [0, 0.1) is 6.92 Å². The van der Waals surface area contributed by atoms with Crippen LogP contribution in [0.1, 0.15) is 36.5 Å². The minimum Gasteiger partial charge on any atom is -0.456 e. The van der Waals surface area contributed by atoms with Gasteiger partial charge in [-0.2, -0.15) is 0 Å². The predicted octanol–water partition coefficient (Wildman–Crippen LogP) is 5.13. The van der Waals surface area contributed by atoms with Crippen LogP contribution in [-0.2, 0) is 6.54 Å². The summed E-state index contributed by atoms with van der Waals surface area (Å²) in [5.74, 6) is 2.19. The summed E-state index contributed by atoms with van der Waals surface area (Å²) in [7, 11) is 0. The highest BCUT2D eigenvalue weighted by atomic mass is 79.9. The Hall–Kier alpha value is -1.32. The minimum atomic E-state index is 0.527. The van der Waals surface area contributed by atoms with E-state index in [4.69, 9.17) is 10.5 Å². The summed E-state index contributed by atoms with van der Waals surface area (Å²) in [5, 5.41) is 0. The van der Waals surface area contributed by atoms with Gasteiger partial charge >= 0.3 is 0 Å². The van der Waals surface area contributed by atoms with Crippen LogP contribution in [0.2, 0.25) is 0 Å². The number of hydrogen-bond acceptors (Lipinski definition) is 2. The average Bonchev–Trinajstić information content (AvgIpc) is 2.40. The third-order valence-electron chi connectivity index (χ3n) is 3.32. The summed E-state index contributed by atoms with van der Waals surface area (Å²) >= 11 is 3.52. The molecule has 0 unspecified atom stereocenters. The van der Waals surface area contributed by atoms with Crippen molar-refractivity contribution in [2.24, 2.45) is 5.73 Å². The number of hydrogen-bond donors (Lipinski definition) is 1. The maximum absolute atomic E-state index is 5.94. The zero-order chi connectivity index (χ0) is 14.7. The zero-order valence-electron chi connectivity index (χ0n) is 12.1. The molecule has 0 fully saturated rings. The van der Waals surface area contributed by atoms with Crippen molar-refractivity contribution < 1.29 is 4.74 Å². The van der Waals surface area contributed by atoms with E-state index in [1.807, 2.05) is 24.3 Å². The molecule has 0 aromatic heterocycles. The highest BCUT2D eigenvalue weighted by Gasteiger charge is 2.07. The monoisotopic (exact) mass is 333 g/mol. The Morgan fingerprint density at radius 1 is 1.15 bits per heavy atom. The number of halogens is 1. The first-order valence-electron chi connectivity index (χ1n) is 6.78. The fraction of sp³-hybridized carbons (Fsp3) is 0.294. The van der Waals surface area contributed by atoms with E-state index >= 15 is 0 Å². The van der Waals surface area contributed by atoms with E-state index in [1.165, 1.54) is 11.1 Å². The van der Waals surface area contributed by atoms with Gasteiger partial charge in [0, 0.05) is 6.54 Å². The summed E-state index contributed by atoms with van der Waals surface area (Å²) in [6.07, 6.45) is 0. The van der Waals surface area contributed by atoms with E-state index in [0.717, 1.165) is 21.5 Å². The van der Waals surface area contributed by atoms with Crippen LogP contribution in [0.5, 0.6) is 11.5 Å². The largest absolute Gasteiger partial charge is 0.456 e. The van der Waals surface area contributed by atoms with Crippen LogP contribution < -0.4 is 10.5 Å². The first kappa shape index (κ1) is 15.1. The standard InChI is InChI=1S/C17H20BrNO/c1-11(2)15-6-5-14(8-12(15)3)20-17-7-4-13(10-19)9-16(17)18/h4-9,11H,10,19H2,1-3H3. The molecule has 0 aliphatic heterocycles. The van der Waals surface area contributed by atoms with Crippen LogP contribution in [0.4, 0.5) is 0 Å². The fourth-order valence-corrected chi connectivity index (χ4v) is 2.75. The molecule has 0 saturated heterocycles. The van der Waals surface area contributed by atoms with Gasteiger partial charge in [-0.15, -0.1) is 0 Å². The van der Waals surface area contributed by atoms with Crippen molar-refractivity contribution in [3.8, 4) is 11.5 Å². The Bertz CT molecular complexity index is 608. The van der Waals surface area contributed by atoms with Gasteiger partial charge in [-0.3, -0.25) is 0 Å². The second-order valence-electron chi connectivity index (χ2n) is 5.24. The Kier molecular flexibility index (Phi) is 4.84. The van der Waals surface area contributed by atoms with Gasteiger partial charge in [0.25, 0.3) is 0 Å². The molecule has 2 nitrogen and oxygen atoms in total. The summed E-state index contributed by atoms with van der Waals surface area (Å²) in [5.41, 5.74) is 9.32. The normalized spacial score (nSPS) is 10.9. The molecular weight excluding hydrogens is 314 g/mol.